The van der Waals surface area contributed by atoms with Crippen LogP contribution in [0.15, 0.2) is 18.2 Å². The number of nitrogens with one attached hydrogen (secondary N) is 2. The van der Waals surface area contributed by atoms with E-state index in [2.05, 4.69) is 10.6 Å². The van der Waals surface area contributed by atoms with E-state index in [-0.39, 0.29) is 6.04 Å². The minimum Gasteiger partial charge on any atom is -0.454 e. The predicted octanol–water partition coefficient (Wildman–Crippen LogP) is 1.54. The van der Waals surface area contributed by atoms with Gasteiger partial charge in [-0.25, -0.2) is 13.6 Å². The zero-order chi connectivity index (χ0) is 18.6. The number of carbonyl (C=O) groups is 3. The maximum atomic E-state index is 13.7. The van der Waals surface area contributed by atoms with E-state index in [1.54, 1.807) is 13.8 Å². The van der Waals surface area contributed by atoms with Gasteiger partial charge >= 0.3 is 5.97 Å². The molecule has 0 radical (unpaired) electrons. The highest BCUT2D eigenvalue weighted by Gasteiger charge is 2.29. The summed E-state index contributed by atoms with van der Waals surface area (Å²) >= 11 is 0. The Bertz CT molecular complexity index is 654. The van der Waals surface area contributed by atoms with Crippen molar-refractivity contribution in [3.05, 3.63) is 35.4 Å². The smallest absolute Gasteiger partial charge is 0.329 e. The van der Waals surface area contributed by atoms with Gasteiger partial charge in [0, 0.05) is 6.04 Å². The molecule has 0 unspecified atom stereocenters. The first-order valence-corrected chi connectivity index (χ1v) is 8.00. The minimum atomic E-state index is -1.14. The number of rotatable bonds is 7. The standard InChI is InChI=1S/C17H20F2N2O4/c1-9(2)15(17(24)25-8-13(22)20-10-6-7-10)21-16(23)14-11(18)4-3-5-12(14)19/h3-5,9-10,15H,6-8H2,1-2H3,(H,20,22)(H,21,23)/t15-/m0/s1. The van der Waals surface area contributed by atoms with Crippen LogP contribution in [0, 0.1) is 17.6 Å². The van der Waals surface area contributed by atoms with Gasteiger partial charge in [-0.05, 0) is 30.9 Å². The number of halogens is 2. The summed E-state index contributed by atoms with van der Waals surface area (Å²) in [4.78, 5) is 35.8. The van der Waals surface area contributed by atoms with Crippen LogP contribution in [0.5, 0.6) is 0 Å². The third-order valence-corrected chi connectivity index (χ3v) is 3.69. The summed E-state index contributed by atoms with van der Waals surface area (Å²) in [7, 11) is 0. The highest BCUT2D eigenvalue weighted by atomic mass is 19.1. The molecule has 1 fully saturated rings. The van der Waals surface area contributed by atoms with Crippen molar-refractivity contribution in [2.45, 2.75) is 38.8 Å². The molecule has 1 aromatic rings. The highest BCUT2D eigenvalue weighted by molar-refractivity contribution is 5.97. The second-order valence-corrected chi connectivity index (χ2v) is 6.24. The van der Waals surface area contributed by atoms with E-state index in [4.69, 9.17) is 4.74 Å². The Morgan fingerprint density at radius 1 is 1.20 bits per heavy atom. The zero-order valence-electron chi connectivity index (χ0n) is 14.0. The molecule has 8 heteroatoms. The molecule has 0 aromatic heterocycles. The Labute approximate surface area is 143 Å². The van der Waals surface area contributed by atoms with Crippen molar-refractivity contribution in [3.63, 3.8) is 0 Å². The van der Waals surface area contributed by atoms with Gasteiger partial charge in [0.2, 0.25) is 0 Å². The molecular weight excluding hydrogens is 334 g/mol. The SMILES string of the molecule is CC(C)[C@H](NC(=O)c1c(F)cccc1F)C(=O)OCC(=O)NC1CC1. The quantitative estimate of drug-likeness (QED) is 0.728. The third-order valence-electron chi connectivity index (χ3n) is 3.69. The molecule has 1 atom stereocenters. The molecule has 136 valence electrons. The molecule has 2 rings (SSSR count). The number of benzene rings is 1. The topological polar surface area (TPSA) is 84.5 Å². The molecular formula is C17H20F2N2O4. The molecule has 6 nitrogen and oxygen atoms in total. The van der Waals surface area contributed by atoms with E-state index >= 15 is 0 Å². The van der Waals surface area contributed by atoms with E-state index in [0.717, 1.165) is 31.0 Å². The van der Waals surface area contributed by atoms with Gasteiger partial charge in [-0.3, -0.25) is 9.59 Å². The number of ether oxygens (including phenoxy) is 1. The Balaban J connectivity index is 1.98. The second kappa shape index (κ2) is 8.04. The van der Waals surface area contributed by atoms with Crippen LogP contribution in [0.25, 0.3) is 0 Å². The molecule has 0 aliphatic heterocycles. The Kier molecular flexibility index (Phi) is 6.06. The largest absolute Gasteiger partial charge is 0.454 e. The first-order chi connectivity index (χ1) is 11.8. The third kappa shape index (κ3) is 5.23. The van der Waals surface area contributed by atoms with Gasteiger partial charge in [0.25, 0.3) is 11.8 Å². The lowest BCUT2D eigenvalue weighted by Gasteiger charge is -2.21. The van der Waals surface area contributed by atoms with E-state index in [1.165, 1.54) is 0 Å². The average molecular weight is 354 g/mol. The normalized spacial score (nSPS) is 14.8. The summed E-state index contributed by atoms with van der Waals surface area (Å²) in [5, 5.41) is 4.92. The lowest BCUT2D eigenvalue weighted by Crippen LogP contribution is -2.46. The molecule has 0 heterocycles. The molecule has 0 bridgehead atoms. The number of hydrogen-bond acceptors (Lipinski definition) is 4. The summed E-state index contributed by atoms with van der Waals surface area (Å²) in [6.07, 6.45) is 1.80. The fourth-order valence-corrected chi connectivity index (χ4v) is 2.15. The summed E-state index contributed by atoms with van der Waals surface area (Å²) in [5.74, 6) is -4.79. The van der Waals surface area contributed by atoms with Crippen molar-refractivity contribution >= 4 is 17.8 Å². The van der Waals surface area contributed by atoms with Crippen LogP contribution < -0.4 is 10.6 Å². The van der Waals surface area contributed by atoms with E-state index in [9.17, 15) is 23.2 Å². The van der Waals surface area contributed by atoms with Gasteiger partial charge in [0.15, 0.2) is 6.61 Å². The van der Waals surface area contributed by atoms with Crippen molar-refractivity contribution in [2.24, 2.45) is 5.92 Å². The Morgan fingerprint density at radius 2 is 1.80 bits per heavy atom. The lowest BCUT2D eigenvalue weighted by molar-refractivity contribution is -0.151. The molecule has 1 aromatic carbocycles. The van der Waals surface area contributed by atoms with Gasteiger partial charge in [0.05, 0.1) is 0 Å². The first-order valence-electron chi connectivity index (χ1n) is 8.00. The van der Waals surface area contributed by atoms with Crippen LogP contribution in [-0.4, -0.2) is 36.5 Å². The van der Waals surface area contributed by atoms with Crippen molar-refractivity contribution < 1.29 is 27.9 Å². The van der Waals surface area contributed by atoms with E-state index in [1.807, 2.05) is 0 Å². The molecule has 1 saturated carbocycles. The summed E-state index contributed by atoms with van der Waals surface area (Å²) in [6, 6.07) is 2.02. The maximum absolute atomic E-state index is 13.7. The van der Waals surface area contributed by atoms with Gasteiger partial charge in [-0.2, -0.15) is 0 Å². The first kappa shape index (κ1) is 18.8. The number of esters is 1. The van der Waals surface area contributed by atoms with Crippen LogP contribution in [0.3, 0.4) is 0 Å². The molecule has 2 N–H and O–H groups in total. The summed E-state index contributed by atoms with van der Waals surface area (Å²) < 4.78 is 32.2. The lowest BCUT2D eigenvalue weighted by atomic mass is 10.0. The van der Waals surface area contributed by atoms with E-state index < -0.39 is 53.5 Å². The maximum Gasteiger partial charge on any atom is 0.329 e. The minimum absolute atomic E-state index is 0.135. The summed E-state index contributed by atoms with van der Waals surface area (Å²) in [5.41, 5.74) is -0.771. The molecule has 0 saturated heterocycles. The van der Waals surface area contributed by atoms with Gasteiger partial charge in [-0.1, -0.05) is 19.9 Å². The molecule has 1 aliphatic carbocycles. The number of hydrogen-bond donors (Lipinski definition) is 2. The summed E-state index contributed by atoms with van der Waals surface area (Å²) in [6.45, 7) is 2.80. The van der Waals surface area contributed by atoms with Gasteiger partial charge in [-0.15, -0.1) is 0 Å². The van der Waals surface area contributed by atoms with Crippen molar-refractivity contribution in [3.8, 4) is 0 Å². The van der Waals surface area contributed by atoms with Gasteiger partial charge in [0.1, 0.15) is 23.2 Å². The second-order valence-electron chi connectivity index (χ2n) is 6.24. The number of amides is 2. The van der Waals surface area contributed by atoms with E-state index in [0.29, 0.717) is 0 Å². The molecule has 0 spiro atoms. The van der Waals surface area contributed by atoms with Crippen LogP contribution in [0.1, 0.15) is 37.0 Å². The monoisotopic (exact) mass is 354 g/mol. The van der Waals surface area contributed by atoms with Crippen molar-refractivity contribution in [1.29, 1.82) is 0 Å². The van der Waals surface area contributed by atoms with Crippen molar-refractivity contribution in [2.75, 3.05) is 6.61 Å². The molecule has 25 heavy (non-hydrogen) atoms. The van der Waals surface area contributed by atoms with Crippen LogP contribution in [-0.2, 0) is 14.3 Å². The molecule has 2 amide bonds. The van der Waals surface area contributed by atoms with Crippen LogP contribution in [0.4, 0.5) is 8.78 Å². The van der Waals surface area contributed by atoms with Crippen LogP contribution >= 0.6 is 0 Å². The zero-order valence-corrected chi connectivity index (χ0v) is 14.0. The molecule has 1 aliphatic rings. The number of carbonyl (C=O) groups excluding carboxylic acids is 3. The predicted molar refractivity (Wildman–Crippen MR) is 84.6 cm³/mol. The van der Waals surface area contributed by atoms with Crippen LogP contribution in [0.2, 0.25) is 0 Å². The van der Waals surface area contributed by atoms with Crippen molar-refractivity contribution in [1.82, 2.24) is 10.6 Å². The Hall–Kier alpha value is -2.51. The fourth-order valence-electron chi connectivity index (χ4n) is 2.15. The fraction of sp³-hybridized carbons (Fsp3) is 0.471. The highest BCUT2D eigenvalue weighted by Crippen LogP contribution is 2.18. The average Bonchev–Trinajstić information content (AvgIpc) is 3.33. The Morgan fingerprint density at radius 3 is 2.32 bits per heavy atom. The van der Waals surface area contributed by atoms with Gasteiger partial charge < -0.3 is 15.4 Å².